The summed E-state index contributed by atoms with van der Waals surface area (Å²) < 4.78 is 0. The van der Waals surface area contributed by atoms with Crippen molar-refractivity contribution in [3.8, 4) is 0 Å². The molecule has 2 aromatic carbocycles. The number of nitrogens with two attached hydrogens (primary N) is 1. The first-order chi connectivity index (χ1) is 8.56. The Kier molecular flexibility index (Phi) is 3.36. The van der Waals surface area contributed by atoms with E-state index in [0.717, 1.165) is 0 Å². The lowest BCUT2D eigenvalue weighted by Crippen LogP contribution is -2.46. The van der Waals surface area contributed by atoms with Gasteiger partial charge < -0.3 is 10.8 Å². The van der Waals surface area contributed by atoms with Crippen LogP contribution in [0.3, 0.4) is 0 Å². The molecule has 0 heterocycles. The molecule has 0 fully saturated rings. The van der Waals surface area contributed by atoms with Crippen LogP contribution < -0.4 is 5.73 Å². The zero-order valence-electron chi connectivity index (χ0n) is 9.51. The predicted octanol–water partition coefficient (Wildman–Crippen LogP) is 2.63. The Morgan fingerprint density at radius 3 is 2.17 bits per heavy atom. The molecule has 3 N–H and O–H groups in total. The Hall–Kier alpha value is -1.84. The Balaban J connectivity index is 2.67. The average molecular weight is 262 g/mol. The van der Waals surface area contributed by atoms with Crippen LogP contribution in [0.15, 0.2) is 54.6 Å². The van der Waals surface area contributed by atoms with Gasteiger partial charge in [0.25, 0.3) is 0 Å². The SMILES string of the molecule is NC(C(=O)O)(c1ccccc1)c1ccccc1Cl. The van der Waals surface area contributed by atoms with E-state index in [1.807, 2.05) is 0 Å². The van der Waals surface area contributed by atoms with E-state index in [-0.39, 0.29) is 0 Å². The monoisotopic (exact) mass is 261 g/mol. The Labute approximate surface area is 110 Å². The highest BCUT2D eigenvalue weighted by Gasteiger charge is 2.39. The van der Waals surface area contributed by atoms with Gasteiger partial charge in [0.1, 0.15) is 0 Å². The zero-order valence-corrected chi connectivity index (χ0v) is 10.3. The minimum atomic E-state index is -1.64. The third-order valence-electron chi connectivity index (χ3n) is 2.87. The minimum absolute atomic E-state index is 0.339. The molecule has 0 spiro atoms. The highest BCUT2D eigenvalue weighted by atomic mass is 35.5. The Morgan fingerprint density at radius 2 is 1.61 bits per heavy atom. The van der Waals surface area contributed by atoms with Crippen molar-refractivity contribution in [3.05, 3.63) is 70.7 Å². The summed E-state index contributed by atoms with van der Waals surface area (Å²) in [4.78, 5) is 11.6. The summed E-state index contributed by atoms with van der Waals surface area (Å²) in [7, 11) is 0. The van der Waals surface area contributed by atoms with Crippen molar-refractivity contribution in [2.24, 2.45) is 5.73 Å². The fourth-order valence-corrected chi connectivity index (χ4v) is 2.16. The van der Waals surface area contributed by atoms with E-state index in [0.29, 0.717) is 16.1 Å². The normalized spacial score (nSPS) is 13.9. The second-order valence-corrected chi connectivity index (χ2v) is 4.37. The van der Waals surface area contributed by atoms with Crippen molar-refractivity contribution >= 4 is 17.6 Å². The molecule has 0 saturated carbocycles. The van der Waals surface area contributed by atoms with Crippen LogP contribution in [0, 0.1) is 0 Å². The fourth-order valence-electron chi connectivity index (χ4n) is 1.88. The van der Waals surface area contributed by atoms with Gasteiger partial charge in [-0.3, -0.25) is 0 Å². The van der Waals surface area contributed by atoms with E-state index < -0.39 is 11.5 Å². The van der Waals surface area contributed by atoms with Crippen molar-refractivity contribution < 1.29 is 9.90 Å². The number of aliphatic carboxylic acids is 1. The summed E-state index contributed by atoms with van der Waals surface area (Å²) in [6.45, 7) is 0. The summed E-state index contributed by atoms with van der Waals surface area (Å²) in [5.41, 5.74) is 5.33. The average Bonchev–Trinajstić information content (AvgIpc) is 2.39. The van der Waals surface area contributed by atoms with Gasteiger partial charge in [-0.2, -0.15) is 0 Å². The molecule has 4 heteroatoms. The highest BCUT2D eigenvalue weighted by molar-refractivity contribution is 6.31. The second kappa shape index (κ2) is 4.80. The number of rotatable bonds is 3. The van der Waals surface area contributed by atoms with Gasteiger partial charge in [-0.25, -0.2) is 4.79 Å². The lowest BCUT2D eigenvalue weighted by atomic mass is 9.84. The van der Waals surface area contributed by atoms with Crippen LogP contribution >= 0.6 is 11.6 Å². The third-order valence-corrected chi connectivity index (χ3v) is 3.19. The van der Waals surface area contributed by atoms with Crippen LogP contribution in [0.1, 0.15) is 11.1 Å². The fraction of sp³-hybridized carbons (Fsp3) is 0.0714. The van der Waals surface area contributed by atoms with Crippen LogP contribution in [0.2, 0.25) is 5.02 Å². The van der Waals surface area contributed by atoms with Gasteiger partial charge >= 0.3 is 5.97 Å². The lowest BCUT2D eigenvalue weighted by molar-refractivity contribution is -0.142. The maximum absolute atomic E-state index is 11.6. The van der Waals surface area contributed by atoms with Gasteiger partial charge in [0.15, 0.2) is 5.54 Å². The Bertz CT molecular complexity index is 571. The van der Waals surface area contributed by atoms with E-state index in [1.165, 1.54) is 0 Å². The van der Waals surface area contributed by atoms with E-state index in [2.05, 4.69) is 0 Å². The summed E-state index contributed by atoms with van der Waals surface area (Å²) in [5, 5.41) is 9.82. The van der Waals surface area contributed by atoms with Crippen LogP contribution in [0.25, 0.3) is 0 Å². The summed E-state index contributed by atoms with van der Waals surface area (Å²) in [6.07, 6.45) is 0. The molecule has 2 rings (SSSR count). The lowest BCUT2D eigenvalue weighted by Gasteiger charge is -2.26. The number of hydrogen-bond donors (Lipinski definition) is 2. The second-order valence-electron chi connectivity index (χ2n) is 3.96. The zero-order chi connectivity index (χ0) is 13.2. The molecule has 0 radical (unpaired) electrons. The molecular weight excluding hydrogens is 250 g/mol. The molecule has 0 amide bonds. The third kappa shape index (κ3) is 1.98. The smallest absolute Gasteiger partial charge is 0.333 e. The van der Waals surface area contributed by atoms with Gasteiger partial charge in [-0.05, 0) is 11.6 Å². The number of carboxylic acid groups (broad SMARTS) is 1. The summed E-state index contributed by atoms with van der Waals surface area (Å²) in [5.74, 6) is -1.14. The quantitative estimate of drug-likeness (QED) is 0.893. The summed E-state index contributed by atoms with van der Waals surface area (Å²) in [6, 6.07) is 15.4. The summed E-state index contributed by atoms with van der Waals surface area (Å²) >= 11 is 6.06. The van der Waals surface area contributed by atoms with Crippen LogP contribution in [0.5, 0.6) is 0 Å². The van der Waals surface area contributed by atoms with Gasteiger partial charge in [0, 0.05) is 10.6 Å². The standard InChI is InChI=1S/C14H12ClNO2/c15-12-9-5-4-8-11(12)14(16,13(17)18)10-6-2-1-3-7-10/h1-9H,16H2,(H,17,18). The van der Waals surface area contributed by atoms with Crippen LogP contribution in [0.4, 0.5) is 0 Å². The molecule has 18 heavy (non-hydrogen) atoms. The van der Waals surface area contributed by atoms with Gasteiger partial charge in [-0.1, -0.05) is 60.1 Å². The molecule has 0 aromatic heterocycles. The molecule has 0 saturated heterocycles. The Morgan fingerprint density at radius 1 is 1.06 bits per heavy atom. The van der Waals surface area contributed by atoms with Gasteiger partial charge in [0.2, 0.25) is 0 Å². The molecule has 0 aliphatic heterocycles. The molecule has 92 valence electrons. The number of benzene rings is 2. The molecular formula is C14H12ClNO2. The van der Waals surface area contributed by atoms with Crippen LogP contribution in [-0.2, 0) is 10.3 Å². The van der Waals surface area contributed by atoms with Crippen molar-refractivity contribution in [2.45, 2.75) is 5.54 Å². The first kappa shape index (κ1) is 12.6. The molecule has 1 atom stereocenters. The topological polar surface area (TPSA) is 63.3 Å². The van der Waals surface area contributed by atoms with E-state index in [9.17, 15) is 9.90 Å². The molecule has 0 aliphatic carbocycles. The minimum Gasteiger partial charge on any atom is -0.479 e. The van der Waals surface area contributed by atoms with Crippen molar-refractivity contribution in [3.63, 3.8) is 0 Å². The van der Waals surface area contributed by atoms with E-state index >= 15 is 0 Å². The molecule has 1 unspecified atom stereocenters. The maximum atomic E-state index is 11.6. The number of carbonyl (C=O) groups is 1. The van der Waals surface area contributed by atoms with Gasteiger partial charge in [0.05, 0.1) is 0 Å². The van der Waals surface area contributed by atoms with Gasteiger partial charge in [-0.15, -0.1) is 0 Å². The van der Waals surface area contributed by atoms with Crippen molar-refractivity contribution in [2.75, 3.05) is 0 Å². The number of halogens is 1. The van der Waals surface area contributed by atoms with Crippen molar-refractivity contribution in [1.29, 1.82) is 0 Å². The van der Waals surface area contributed by atoms with E-state index in [4.69, 9.17) is 17.3 Å². The molecule has 0 aliphatic rings. The van der Waals surface area contributed by atoms with E-state index in [1.54, 1.807) is 54.6 Å². The molecule has 0 bridgehead atoms. The first-order valence-corrected chi connectivity index (χ1v) is 5.77. The molecule has 2 aromatic rings. The highest BCUT2D eigenvalue weighted by Crippen LogP contribution is 2.32. The number of hydrogen-bond acceptors (Lipinski definition) is 2. The first-order valence-electron chi connectivity index (χ1n) is 5.39. The van der Waals surface area contributed by atoms with Crippen LogP contribution in [-0.4, -0.2) is 11.1 Å². The maximum Gasteiger partial charge on any atom is 0.333 e. The number of carboxylic acids is 1. The molecule has 3 nitrogen and oxygen atoms in total. The van der Waals surface area contributed by atoms with Crippen molar-refractivity contribution in [1.82, 2.24) is 0 Å². The largest absolute Gasteiger partial charge is 0.479 e. The predicted molar refractivity (Wildman–Crippen MR) is 70.5 cm³/mol.